The number of nitrogens with zero attached hydrogens (tertiary/aromatic N) is 2. The molecule has 1 unspecified atom stereocenters. The van der Waals surface area contributed by atoms with Crippen LogP contribution >= 0.6 is 11.3 Å². The predicted octanol–water partition coefficient (Wildman–Crippen LogP) is 1.79. The molecule has 1 atom stereocenters. The normalized spacial score (nSPS) is 13.0. The minimum atomic E-state index is 0.267. The molecule has 2 aromatic heterocycles. The van der Waals surface area contributed by atoms with Gasteiger partial charge in [-0.15, -0.1) is 11.3 Å². The first-order valence-corrected chi connectivity index (χ1v) is 5.38. The second kappa shape index (κ2) is 3.94. The summed E-state index contributed by atoms with van der Waals surface area (Å²) in [4.78, 5) is 1.32. The van der Waals surface area contributed by atoms with Gasteiger partial charge < -0.3 is 5.32 Å². The van der Waals surface area contributed by atoms with E-state index in [0.717, 1.165) is 0 Å². The first-order valence-electron chi connectivity index (χ1n) is 4.50. The first-order chi connectivity index (χ1) is 6.81. The zero-order valence-corrected chi connectivity index (χ0v) is 9.08. The highest BCUT2D eigenvalue weighted by Gasteiger charge is 2.13. The van der Waals surface area contributed by atoms with Gasteiger partial charge in [-0.05, 0) is 18.5 Å². The maximum absolute atomic E-state index is 4.18. The molecular formula is C10H13N3S. The molecule has 0 radical (unpaired) electrons. The Morgan fingerprint density at radius 2 is 2.43 bits per heavy atom. The lowest BCUT2D eigenvalue weighted by Gasteiger charge is -2.11. The quantitative estimate of drug-likeness (QED) is 0.831. The van der Waals surface area contributed by atoms with Crippen LogP contribution in [0.15, 0.2) is 29.9 Å². The average molecular weight is 207 g/mol. The van der Waals surface area contributed by atoms with E-state index < -0.39 is 0 Å². The molecule has 0 aliphatic heterocycles. The fourth-order valence-electron chi connectivity index (χ4n) is 1.52. The van der Waals surface area contributed by atoms with Crippen LogP contribution in [0.25, 0.3) is 0 Å². The summed E-state index contributed by atoms with van der Waals surface area (Å²) in [6, 6.07) is 4.48. The molecule has 0 fully saturated rings. The second-order valence-corrected chi connectivity index (χ2v) is 4.16. The molecule has 0 aromatic carbocycles. The predicted molar refractivity (Wildman–Crippen MR) is 58.4 cm³/mol. The molecule has 3 nitrogen and oxygen atoms in total. The van der Waals surface area contributed by atoms with Crippen LogP contribution in [-0.2, 0) is 7.05 Å². The summed E-state index contributed by atoms with van der Waals surface area (Å²) in [5.74, 6) is 0. The Morgan fingerprint density at radius 1 is 1.57 bits per heavy atom. The van der Waals surface area contributed by atoms with E-state index in [4.69, 9.17) is 0 Å². The van der Waals surface area contributed by atoms with Crippen molar-refractivity contribution in [3.05, 3.63) is 40.3 Å². The van der Waals surface area contributed by atoms with E-state index in [1.165, 1.54) is 10.4 Å². The maximum atomic E-state index is 4.18. The van der Waals surface area contributed by atoms with Gasteiger partial charge >= 0.3 is 0 Å². The van der Waals surface area contributed by atoms with Crippen molar-refractivity contribution in [3.63, 3.8) is 0 Å². The topological polar surface area (TPSA) is 29.9 Å². The van der Waals surface area contributed by atoms with E-state index in [1.54, 1.807) is 11.3 Å². The largest absolute Gasteiger partial charge is 0.309 e. The molecule has 0 aliphatic rings. The number of nitrogens with one attached hydrogen (secondary N) is 1. The molecule has 2 heterocycles. The summed E-state index contributed by atoms with van der Waals surface area (Å²) >= 11 is 1.76. The highest BCUT2D eigenvalue weighted by atomic mass is 32.1. The Bertz CT molecular complexity index is 391. The molecule has 14 heavy (non-hydrogen) atoms. The van der Waals surface area contributed by atoms with Gasteiger partial charge in [0, 0.05) is 23.7 Å². The third-order valence-corrected chi connectivity index (χ3v) is 3.11. The van der Waals surface area contributed by atoms with Crippen LogP contribution in [0, 0.1) is 0 Å². The fourth-order valence-corrected chi connectivity index (χ4v) is 2.38. The van der Waals surface area contributed by atoms with E-state index in [9.17, 15) is 0 Å². The van der Waals surface area contributed by atoms with Crippen LogP contribution in [-0.4, -0.2) is 16.8 Å². The van der Waals surface area contributed by atoms with Crippen molar-refractivity contribution in [2.45, 2.75) is 6.04 Å². The number of rotatable bonds is 3. The van der Waals surface area contributed by atoms with Gasteiger partial charge in [0.2, 0.25) is 0 Å². The lowest BCUT2D eigenvalue weighted by atomic mass is 10.1. The smallest absolute Gasteiger partial charge is 0.0699 e. The third kappa shape index (κ3) is 1.71. The van der Waals surface area contributed by atoms with E-state index in [1.807, 2.05) is 31.2 Å². The minimum Gasteiger partial charge on any atom is -0.309 e. The third-order valence-electron chi connectivity index (χ3n) is 2.17. The maximum Gasteiger partial charge on any atom is 0.0699 e. The first kappa shape index (κ1) is 9.43. The Kier molecular flexibility index (Phi) is 2.65. The Hall–Kier alpha value is -1.13. The van der Waals surface area contributed by atoms with Crippen LogP contribution < -0.4 is 5.32 Å². The highest BCUT2D eigenvalue weighted by Crippen LogP contribution is 2.24. The molecule has 0 bridgehead atoms. The molecule has 0 spiro atoms. The number of hydrogen-bond donors (Lipinski definition) is 1. The van der Waals surface area contributed by atoms with Crippen LogP contribution in [0.2, 0.25) is 0 Å². The zero-order chi connectivity index (χ0) is 9.97. The van der Waals surface area contributed by atoms with Crippen molar-refractivity contribution in [3.8, 4) is 0 Å². The van der Waals surface area contributed by atoms with Gasteiger partial charge in [0.1, 0.15) is 0 Å². The fraction of sp³-hybridized carbons (Fsp3) is 0.300. The van der Waals surface area contributed by atoms with Gasteiger partial charge in [-0.25, -0.2) is 0 Å². The summed E-state index contributed by atoms with van der Waals surface area (Å²) in [7, 11) is 3.90. The summed E-state index contributed by atoms with van der Waals surface area (Å²) in [5, 5.41) is 9.56. The van der Waals surface area contributed by atoms with Crippen molar-refractivity contribution in [1.29, 1.82) is 0 Å². The molecule has 0 aliphatic carbocycles. The van der Waals surface area contributed by atoms with E-state index in [-0.39, 0.29) is 6.04 Å². The summed E-state index contributed by atoms with van der Waals surface area (Å²) in [5.41, 5.74) is 1.21. The SMILES string of the molecule is CNC(c1cnn(C)c1)c1cccs1. The Labute approximate surface area is 87.4 Å². The van der Waals surface area contributed by atoms with Crippen molar-refractivity contribution in [2.24, 2.45) is 7.05 Å². The second-order valence-electron chi connectivity index (χ2n) is 3.18. The van der Waals surface area contributed by atoms with Crippen LogP contribution in [0.3, 0.4) is 0 Å². The Morgan fingerprint density at radius 3 is 2.93 bits per heavy atom. The lowest BCUT2D eigenvalue weighted by molar-refractivity contribution is 0.701. The molecule has 74 valence electrons. The summed E-state index contributed by atoms with van der Waals surface area (Å²) in [6.45, 7) is 0. The number of hydrogen-bond acceptors (Lipinski definition) is 3. The molecule has 2 rings (SSSR count). The van der Waals surface area contributed by atoms with Crippen molar-refractivity contribution >= 4 is 11.3 Å². The molecule has 4 heteroatoms. The number of aromatic nitrogens is 2. The van der Waals surface area contributed by atoms with Gasteiger partial charge in [0.05, 0.1) is 12.2 Å². The van der Waals surface area contributed by atoms with Crippen LogP contribution in [0.5, 0.6) is 0 Å². The van der Waals surface area contributed by atoms with Gasteiger partial charge in [-0.3, -0.25) is 4.68 Å². The van der Waals surface area contributed by atoms with E-state index >= 15 is 0 Å². The van der Waals surface area contributed by atoms with Crippen LogP contribution in [0.1, 0.15) is 16.5 Å². The summed E-state index contributed by atoms with van der Waals surface area (Å²) in [6.07, 6.45) is 3.95. The molecular weight excluding hydrogens is 194 g/mol. The molecule has 0 saturated carbocycles. The monoisotopic (exact) mass is 207 g/mol. The number of thiophene rings is 1. The van der Waals surface area contributed by atoms with E-state index in [0.29, 0.717) is 0 Å². The molecule has 1 N–H and O–H groups in total. The highest BCUT2D eigenvalue weighted by molar-refractivity contribution is 7.10. The van der Waals surface area contributed by atoms with Crippen molar-refractivity contribution in [1.82, 2.24) is 15.1 Å². The van der Waals surface area contributed by atoms with Crippen molar-refractivity contribution < 1.29 is 0 Å². The summed E-state index contributed by atoms with van der Waals surface area (Å²) < 4.78 is 1.83. The zero-order valence-electron chi connectivity index (χ0n) is 8.27. The average Bonchev–Trinajstić information content (AvgIpc) is 2.79. The molecule has 0 saturated heterocycles. The number of aryl methyl sites for hydroxylation is 1. The lowest BCUT2D eigenvalue weighted by Crippen LogP contribution is -2.15. The minimum absolute atomic E-state index is 0.267. The molecule has 0 amide bonds. The van der Waals surface area contributed by atoms with Crippen molar-refractivity contribution in [2.75, 3.05) is 7.05 Å². The van der Waals surface area contributed by atoms with E-state index in [2.05, 4.69) is 27.9 Å². The Balaban J connectivity index is 2.31. The standard InChI is InChI=1S/C10H13N3S/c1-11-10(9-4-3-5-14-9)8-6-12-13(2)7-8/h3-7,10-11H,1-2H3. The van der Waals surface area contributed by atoms with Gasteiger partial charge in [0.25, 0.3) is 0 Å². The van der Waals surface area contributed by atoms with Gasteiger partial charge in [-0.2, -0.15) is 5.10 Å². The van der Waals surface area contributed by atoms with Gasteiger partial charge in [-0.1, -0.05) is 6.07 Å². The van der Waals surface area contributed by atoms with Crippen LogP contribution in [0.4, 0.5) is 0 Å². The molecule has 2 aromatic rings. The van der Waals surface area contributed by atoms with Gasteiger partial charge in [0.15, 0.2) is 0 Å².